The average molecular weight is 319 g/mol. The van der Waals surface area contributed by atoms with Crippen molar-refractivity contribution in [3.8, 4) is 0 Å². The number of thiophene rings is 1. The Morgan fingerprint density at radius 1 is 1.57 bits per heavy atom. The summed E-state index contributed by atoms with van der Waals surface area (Å²) in [5.41, 5.74) is 0. The molecule has 0 spiro atoms. The van der Waals surface area contributed by atoms with E-state index in [0.29, 0.717) is 16.2 Å². The normalized spacial score (nSPS) is 12.3. The molecular formula is C7H9BrClNO2S2. The molecule has 3 nitrogen and oxygen atoms in total. The van der Waals surface area contributed by atoms with Crippen LogP contribution in [0.5, 0.6) is 0 Å². The number of hydrogen-bond donors (Lipinski definition) is 0. The fourth-order valence-electron chi connectivity index (χ4n) is 0.829. The Kier molecular flexibility index (Phi) is 4.39. The molecule has 0 fully saturated rings. The molecule has 7 heteroatoms. The molecule has 0 saturated carbocycles. The lowest BCUT2D eigenvalue weighted by Crippen LogP contribution is -2.27. The second kappa shape index (κ2) is 4.94. The Hall–Kier alpha value is 0.380. The molecule has 0 aliphatic carbocycles. The number of rotatable bonds is 4. The zero-order chi connectivity index (χ0) is 10.8. The monoisotopic (exact) mass is 317 g/mol. The summed E-state index contributed by atoms with van der Waals surface area (Å²) in [6.07, 6.45) is 0. The van der Waals surface area contributed by atoms with Crippen molar-refractivity contribution in [3.05, 3.63) is 16.5 Å². The van der Waals surface area contributed by atoms with Gasteiger partial charge in [-0.3, -0.25) is 0 Å². The van der Waals surface area contributed by atoms with Crippen LogP contribution in [0.1, 0.15) is 0 Å². The van der Waals surface area contributed by atoms with E-state index in [4.69, 9.17) is 11.6 Å². The van der Waals surface area contributed by atoms with Crippen molar-refractivity contribution in [2.45, 2.75) is 4.21 Å². The van der Waals surface area contributed by atoms with E-state index in [1.54, 1.807) is 13.1 Å². The van der Waals surface area contributed by atoms with Crippen LogP contribution in [0.2, 0.25) is 4.34 Å². The van der Waals surface area contributed by atoms with Gasteiger partial charge in [0.05, 0.1) is 4.34 Å². The fraction of sp³-hybridized carbons (Fsp3) is 0.429. The SMILES string of the molecule is CN(CCBr)S(=O)(=O)c1ccc(Cl)s1. The fourth-order valence-corrected chi connectivity index (χ4v) is 4.46. The van der Waals surface area contributed by atoms with Crippen LogP contribution in [0.25, 0.3) is 0 Å². The van der Waals surface area contributed by atoms with E-state index >= 15 is 0 Å². The van der Waals surface area contributed by atoms with Gasteiger partial charge in [0, 0.05) is 18.9 Å². The van der Waals surface area contributed by atoms with Gasteiger partial charge >= 0.3 is 0 Å². The van der Waals surface area contributed by atoms with E-state index < -0.39 is 10.0 Å². The Morgan fingerprint density at radius 2 is 2.21 bits per heavy atom. The molecule has 1 aromatic rings. The molecule has 0 amide bonds. The van der Waals surface area contributed by atoms with Crippen molar-refractivity contribution in [1.29, 1.82) is 0 Å². The Bertz CT molecular complexity index is 404. The minimum atomic E-state index is -3.34. The van der Waals surface area contributed by atoms with E-state index in [1.807, 2.05) is 0 Å². The third-order valence-electron chi connectivity index (χ3n) is 1.61. The molecule has 0 aliphatic rings. The molecule has 80 valence electrons. The van der Waals surface area contributed by atoms with Crippen molar-refractivity contribution in [2.24, 2.45) is 0 Å². The van der Waals surface area contributed by atoms with Gasteiger partial charge < -0.3 is 0 Å². The smallest absolute Gasteiger partial charge is 0.206 e. The van der Waals surface area contributed by atoms with Gasteiger partial charge in [-0.2, -0.15) is 4.31 Å². The van der Waals surface area contributed by atoms with Crippen LogP contribution in [0.3, 0.4) is 0 Å². The molecule has 0 aliphatic heterocycles. The Morgan fingerprint density at radius 3 is 2.64 bits per heavy atom. The molecule has 1 heterocycles. The highest BCUT2D eigenvalue weighted by Crippen LogP contribution is 2.27. The number of sulfonamides is 1. The summed E-state index contributed by atoms with van der Waals surface area (Å²) in [6, 6.07) is 3.11. The molecule has 0 unspecified atom stereocenters. The number of nitrogens with zero attached hydrogens (tertiary/aromatic N) is 1. The van der Waals surface area contributed by atoms with Crippen LogP contribution in [0.4, 0.5) is 0 Å². The number of halogens is 2. The minimum absolute atomic E-state index is 0.283. The molecule has 0 saturated heterocycles. The van der Waals surface area contributed by atoms with Crippen molar-refractivity contribution in [1.82, 2.24) is 4.31 Å². The lowest BCUT2D eigenvalue weighted by molar-refractivity contribution is 0.491. The molecule has 0 radical (unpaired) electrons. The molecule has 0 atom stereocenters. The third kappa shape index (κ3) is 2.70. The molecular weight excluding hydrogens is 310 g/mol. The molecule has 0 aromatic carbocycles. The zero-order valence-corrected chi connectivity index (χ0v) is 11.4. The van der Waals surface area contributed by atoms with Crippen molar-refractivity contribution in [2.75, 3.05) is 18.9 Å². The second-order valence-corrected chi connectivity index (χ2v) is 7.35. The van der Waals surface area contributed by atoms with Gasteiger partial charge in [-0.15, -0.1) is 11.3 Å². The lowest BCUT2D eigenvalue weighted by Gasteiger charge is -2.13. The van der Waals surface area contributed by atoms with Crippen molar-refractivity contribution < 1.29 is 8.42 Å². The highest BCUT2D eigenvalue weighted by Gasteiger charge is 2.21. The van der Waals surface area contributed by atoms with Crippen LogP contribution in [-0.2, 0) is 10.0 Å². The quantitative estimate of drug-likeness (QED) is 0.800. The zero-order valence-electron chi connectivity index (χ0n) is 7.41. The second-order valence-electron chi connectivity index (χ2n) is 2.57. The minimum Gasteiger partial charge on any atom is -0.206 e. The van der Waals surface area contributed by atoms with Gasteiger partial charge in [0.1, 0.15) is 4.21 Å². The van der Waals surface area contributed by atoms with E-state index in [-0.39, 0.29) is 4.21 Å². The standard InChI is InChI=1S/C7H9BrClNO2S2/c1-10(5-4-8)14(11,12)7-3-2-6(9)13-7/h2-3H,4-5H2,1H3. The van der Waals surface area contributed by atoms with Crippen LogP contribution >= 0.6 is 38.9 Å². The van der Waals surface area contributed by atoms with Crippen LogP contribution < -0.4 is 0 Å². The van der Waals surface area contributed by atoms with Crippen LogP contribution in [0, 0.1) is 0 Å². The van der Waals surface area contributed by atoms with Gasteiger partial charge in [-0.1, -0.05) is 27.5 Å². The highest BCUT2D eigenvalue weighted by atomic mass is 79.9. The van der Waals surface area contributed by atoms with E-state index in [0.717, 1.165) is 11.3 Å². The summed E-state index contributed by atoms with van der Waals surface area (Å²) in [4.78, 5) is 0. The molecule has 14 heavy (non-hydrogen) atoms. The van der Waals surface area contributed by atoms with E-state index in [9.17, 15) is 8.42 Å². The molecule has 1 aromatic heterocycles. The first-order valence-corrected chi connectivity index (χ1v) is 7.51. The molecule has 0 bridgehead atoms. The predicted octanol–water partition coefficient (Wildman–Crippen LogP) is 2.42. The third-order valence-corrected chi connectivity index (χ3v) is 5.52. The lowest BCUT2D eigenvalue weighted by atomic mass is 10.7. The van der Waals surface area contributed by atoms with Gasteiger partial charge in [0.15, 0.2) is 0 Å². The van der Waals surface area contributed by atoms with E-state index in [1.165, 1.54) is 10.4 Å². The van der Waals surface area contributed by atoms with E-state index in [2.05, 4.69) is 15.9 Å². The van der Waals surface area contributed by atoms with Crippen molar-refractivity contribution >= 4 is 48.9 Å². The maximum absolute atomic E-state index is 11.8. The maximum Gasteiger partial charge on any atom is 0.252 e. The van der Waals surface area contributed by atoms with Gasteiger partial charge in [-0.05, 0) is 12.1 Å². The van der Waals surface area contributed by atoms with Crippen LogP contribution in [-0.4, -0.2) is 31.6 Å². The summed E-state index contributed by atoms with van der Waals surface area (Å²) >= 11 is 9.94. The predicted molar refractivity (Wildman–Crippen MR) is 62.9 cm³/mol. The summed E-state index contributed by atoms with van der Waals surface area (Å²) in [7, 11) is -1.80. The highest BCUT2D eigenvalue weighted by molar-refractivity contribution is 9.09. The Balaban J connectivity index is 2.96. The summed E-state index contributed by atoms with van der Waals surface area (Å²) < 4.78 is 25.6. The Labute approximate surface area is 101 Å². The molecule has 0 N–H and O–H groups in total. The average Bonchev–Trinajstić information content (AvgIpc) is 2.52. The van der Waals surface area contributed by atoms with Crippen LogP contribution in [0.15, 0.2) is 16.3 Å². The van der Waals surface area contributed by atoms with Gasteiger partial charge in [0.2, 0.25) is 0 Å². The van der Waals surface area contributed by atoms with Crippen molar-refractivity contribution in [3.63, 3.8) is 0 Å². The van der Waals surface area contributed by atoms with Gasteiger partial charge in [0.25, 0.3) is 10.0 Å². The number of alkyl halides is 1. The molecule has 1 rings (SSSR count). The first kappa shape index (κ1) is 12.4. The topological polar surface area (TPSA) is 37.4 Å². The summed E-state index contributed by atoms with van der Waals surface area (Å²) in [5, 5.41) is 0.613. The first-order chi connectivity index (χ1) is 6.48. The summed E-state index contributed by atoms with van der Waals surface area (Å²) in [5.74, 6) is 0. The first-order valence-electron chi connectivity index (χ1n) is 3.76. The largest absolute Gasteiger partial charge is 0.252 e. The maximum atomic E-state index is 11.8. The summed E-state index contributed by atoms with van der Waals surface area (Å²) in [6.45, 7) is 0.442. The number of hydrogen-bond acceptors (Lipinski definition) is 3. The van der Waals surface area contributed by atoms with Gasteiger partial charge in [-0.25, -0.2) is 8.42 Å².